The van der Waals surface area contributed by atoms with Gasteiger partial charge in [-0.15, -0.1) is 0 Å². The van der Waals surface area contributed by atoms with Crippen molar-refractivity contribution in [2.45, 2.75) is 32.7 Å². The molecular weight excluding hydrogens is 216 g/mol. The molecule has 4 nitrogen and oxygen atoms in total. The van der Waals surface area contributed by atoms with Gasteiger partial charge in [0.25, 0.3) is 0 Å². The molecule has 1 N–H and O–H groups in total. The van der Waals surface area contributed by atoms with Crippen LogP contribution in [-0.4, -0.2) is 24.0 Å². The van der Waals surface area contributed by atoms with Crippen LogP contribution in [0.5, 0.6) is 0 Å². The number of likely N-dealkylation sites (tertiary alicyclic amines) is 1. The van der Waals surface area contributed by atoms with Crippen LogP contribution in [0, 0.1) is 5.92 Å². The molecule has 1 fully saturated rings. The maximum absolute atomic E-state index is 12.0. The third-order valence-corrected chi connectivity index (χ3v) is 3.33. The third-order valence-electron chi connectivity index (χ3n) is 3.33. The van der Waals surface area contributed by atoms with Crippen LogP contribution in [0.4, 0.5) is 4.79 Å². The SMILES string of the molecule is CCNC(=O)N1CCC(C)CC1c1ccco1. The average Bonchev–Trinajstić information content (AvgIpc) is 2.82. The maximum atomic E-state index is 12.0. The highest BCUT2D eigenvalue weighted by Gasteiger charge is 2.32. The summed E-state index contributed by atoms with van der Waals surface area (Å²) >= 11 is 0. The third kappa shape index (κ3) is 2.62. The number of urea groups is 1. The Morgan fingerprint density at radius 1 is 1.65 bits per heavy atom. The Hall–Kier alpha value is -1.45. The second-order valence-corrected chi connectivity index (χ2v) is 4.69. The number of amides is 2. The Morgan fingerprint density at radius 3 is 3.12 bits per heavy atom. The van der Waals surface area contributed by atoms with E-state index in [-0.39, 0.29) is 12.1 Å². The standard InChI is InChI=1S/C13H20N2O2/c1-3-14-13(16)15-7-6-10(2)9-11(15)12-5-4-8-17-12/h4-5,8,10-11H,3,6-7,9H2,1-2H3,(H,14,16). The number of carbonyl (C=O) groups excluding carboxylic acids is 1. The summed E-state index contributed by atoms with van der Waals surface area (Å²) in [6.45, 7) is 5.63. The van der Waals surface area contributed by atoms with E-state index in [1.165, 1.54) is 0 Å². The zero-order valence-electron chi connectivity index (χ0n) is 10.5. The van der Waals surface area contributed by atoms with Crippen LogP contribution in [0.2, 0.25) is 0 Å². The van der Waals surface area contributed by atoms with Crippen LogP contribution >= 0.6 is 0 Å². The monoisotopic (exact) mass is 236 g/mol. The van der Waals surface area contributed by atoms with Gasteiger partial charge in [-0.3, -0.25) is 0 Å². The summed E-state index contributed by atoms with van der Waals surface area (Å²) in [4.78, 5) is 13.9. The molecule has 0 aromatic carbocycles. The Morgan fingerprint density at radius 2 is 2.47 bits per heavy atom. The van der Waals surface area contributed by atoms with E-state index in [1.807, 2.05) is 24.0 Å². The van der Waals surface area contributed by atoms with Crippen LogP contribution in [-0.2, 0) is 0 Å². The van der Waals surface area contributed by atoms with E-state index in [9.17, 15) is 4.79 Å². The number of hydrogen-bond donors (Lipinski definition) is 1. The topological polar surface area (TPSA) is 45.5 Å². The van der Waals surface area contributed by atoms with Crippen molar-refractivity contribution in [2.24, 2.45) is 5.92 Å². The molecule has 2 amide bonds. The van der Waals surface area contributed by atoms with Gasteiger partial charge in [0.05, 0.1) is 12.3 Å². The van der Waals surface area contributed by atoms with Crippen molar-refractivity contribution in [1.29, 1.82) is 0 Å². The number of furan rings is 1. The fraction of sp³-hybridized carbons (Fsp3) is 0.615. The van der Waals surface area contributed by atoms with E-state index in [2.05, 4.69) is 12.2 Å². The van der Waals surface area contributed by atoms with Crippen molar-refractivity contribution in [3.8, 4) is 0 Å². The largest absolute Gasteiger partial charge is 0.467 e. The summed E-state index contributed by atoms with van der Waals surface area (Å²) in [5, 5.41) is 2.87. The summed E-state index contributed by atoms with van der Waals surface area (Å²) in [6, 6.07) is 3.93. The number of nitrogens with one attached hydrogen (secondary N) is 1. The molecule has 0 aliphatic carbocycles. The molecule has 2 unspecified atom stereocenters. The number of nitrogens with zero attached hydrogens (tertiary/aromatic N) is 1. The lowest BCUT2D eigenvalue weighted by molar-refractivity contribution is 0.120. The van der Waals surface area contributed by atoms with E-state index < -0.39 is 0 Å². The number of carbonyl (C=O) groups is 1. The molecule has 2 rings (SSSR count). The van der Waals surface area contributed by atoms with Crippen molar-refractivity contribution < 1.29 is 9.21 Å². The molecule has 0 spiro atoms. The Kier molecular flexibility index (Phi) is 3.71. The fourth-order valence-corrected chi connectivity index (χ4v) is 2.39. The van der Waals surface area contributed by atoms with Crippen molar-refractivity contribution in [2.75, 3.05) is 13.1 Å². The van der Waals surface area contributed by atoms with E-state index in [0.717, 1.165) is 25.1 Å². The van der Waals surface area contributed by atoms with Gasteiger partial charge in [-0.2, -0.15) is 0 Å². The average molecular weight is 236 g/mol. The molecule has 1 aliphatic rings. The number of hydrogen-bond acceptors (Lipinski definition) is 2. The molecule has 94 valence electrons. The van der Waals surface area contributed by atoms with Crippen LogP contribution < -0.4 is 5.32 Å². The molecule has 1 aromatic rings. The van der Waals surface area contributed by atoms with Gasteiger partial charge in [-0.05, 0) is 37.8 Å². The van der Waals surface area contributed by atoms with Gasteiger partial charge in [0, 0.05) is 13.1 Å². The van der Waals surface area contributed by atoms with Gasteiger partial charge in [0.2, 0.25) is 0 Å². The first-order chi connectivity index (χ1) is 8.22. The normalized spacial score (nSPS) is 24.7. The molecule has 17 heavy (non-hydrogen) atoms. The van der Waals surface area contributed by atoms with Crippen LogP contribution in [0.25, 0.3) is 0 Å². The van der Waals surface area contributed by atoms with Gasteiger partial charge in [0.15, 0.2) is 0 Å². The predicted molar refractivity (Wildman–Crippen MR) is 65.6 cm³/mol. The molecule has 2 atom stereocenters. The zero-order chi connectivity index (χ0) is 12.3. The molecule has 1 aromatic heterocycles. The molecule has 0 radical (unpaired) electrons. The molecular formula is C13H20N2O2. The molecule has 2 heterocycles. The zero-order valence-corrected chi connectivity index (χ0v) is 10.5. The highest BCUT2D eigenvalue weighted by Crippen LogP contribution is 2.34. The minimum absolute atomic E-state index is 0.0146. The highest BCUT2D eigenvalue weighted by atomic mass is 16.3. The fourth-order valence-electron chi connectivity index (χ4n) is 2.39. The van der Waals surface area contributed by atoms with Crippen molar-refractivity contribution in [3.63, 3.8) is 0 Å². The van der Waals surface area contributed by atoms with Crippen molar-refractivity contribution in [1.82, 2.24) is 10.2 Å². The maximum Gasteiger partial charge on any atom is 0.318 e. The predicted octanol–water partition coefficient (Wildman–Crippen LogP) is 2.78. The lowest BCUT2D eigenvalue weighted by Crippen LogP contribution is -2.45. The van der Waals surface area contributed by atoms with Crippen LogP contribution in [0.15, 0.2) is 22.8 Å². The van der Waals surface area contributed by atoms with E-state index >= 15 is 0 Å². The second-order valence-electron chi connectivity index (χ2n) is 4.69. The Labute approximate surface area is 102 Å². The van der Waals surface area contributed by atoms with Gasteiger partial charge >= 0.3 is 6.03 Å². The van der Waals surface area contributed by atoms with Crippen LogP contribution in [0.1, 0.15) is 38.5 Å². The first-order valence-electron chi connectivity index (χ1n) is 6.30. The number of piperidine rings is 1. The van der Waals surface area contributed by atoms with E-state index in [1.54, 1.807) is 6.26 Å². The Bertz CT molecular complexity index is 362. The number of rotatable bonds is 2. The van der Waals surface area contributed by atoms with Gasteiger partial charge in [-0.25, -0.2) is 4.79 Å². The molecule has 1 aliphatic heterocycles. The lowest BCUT2D eigenvalue weighted by atomic mass is 9.91. The summed E-state index contributed by atoms with van der Waals surface area (Å²) in [5.41, 5.74) is 0. The second kappa shape index (κ2) is 5.25. The molecule has 0 saturated carbocycles. The van der Waals surface area contributed by atoms with Crippen molar-refractivity contribution in [3.05, 3.63) is 24.2 Å². The minimum atomic E-state index is 0.0146. The quantitative estimate of drug-likeness (QED) is 0.858. The van der Waals surface area contributed by atoms with Gasteiger partial charge < -0.3 is 14.6 Å². The van der Waals surface area contributed by atoms with Crippen molar-refractivity contribution >= 4 is 6.03 Å². The molecule has 1 saturated heterocycles. The minimum Gasteiger partial charge on any atom is -0.467 e. The summed E-state index contributed by atoms with van der Waals surface area (Å²) < 4.78 is 5.46. The smallest absolute Gasteiger partial charge is 0.318 e. The summed E-state index contributed by atoms with van der Waals surface area (Å²) in [6.07, 6.45) is 3.71. The Balaban J connectivity index is 2.14. The first kappa shape index (κ1) is 12.0. The highest BCUT2D eigenvalue weighted by molar-refractivity contribution is 5.74. The summed E-state index contributed by atoms with van der Waals surface area (Å²) in [5.74, 6) is 1.53. The summed E-state index contributed by atoms with van der Waals surface area (Å²) in [7, 11) is 0. The van der Waals surface area contributed by atoms with E-state index in [4.69, 9.17) is 4.42 Å². The van der Waals surface area contributed by atoms with Gasteiger partial charge in [0.1, 0.15) is 5.76 Å². The van der Waals surface area contributed by atoms with Crippen LogP contribution in [0.3, 0.4) is 0 Å². The molecule has 0 bridgehead atoms. The van der Waals surface area contributed by atoms with E-state index in [0.29, 0.717) is 12.5 Å². The van der Waals surface area contributed by atoms with Gasteiger partial charge in [-0.1, -0.05) is 6.92 Å². The first-order valence-corrected chi connectivity index (χ1v) is 6.30. The molecule has 4 heteroatoms. The lowest BCUT2D eigenvalue weighted by Gasteiger charge is -2.37.